The summed E-state index contributed by atoms with van der Waals surface area (Å²) in [4.78, 5) is 25.2. The van der Waals surface area contributed by atoms with E-state index in [9.17, 15) is 4.79 Å². The van der Waals surface area contributed by atoms with Gasteiger partial charge in [0.2, 0.25) is 5.78 Å². The van der Waals surface area contributed by atoms with Crippen molar-refractivity contribution in [2.24, 2.45) is 0 Å². The van der Waals surface area contributed by atoms with E-state index in [4.69, 9.17) is 0 Å². The predicted octanol–water partition coefficient (Wildman–Crippen LogP) is 3.41. The molecule has 0 aliphatic rings. The maximum atomic E-state index is 12.4. The number of thiazole rings is 1. The van der Waals surface area contributed by atoms with E-state index in [0.29, 0.717) is 17.2 Å². The molecular formula is C17H13N5OS. The van der Waals surface area contributed by atoms with Crippen LogP contribution < -0.4 is 5.32 Å². The van der Waals surface area contributed by atoms with Crippen molar-refractivity contribution < 1.29 is 4.79 Å². The molecule has 6 nitrogen and oxygen atoms in total. The number of rotatable bonds is 3. The fourth-order valence-corrected chi connectivity index (χ4v) is 3.15. The van der Waals surface area contributed by atoms with E-state index in [1.54, 1.807) is 40.4 Å². The summed E-state index contributed by atoms with van der Waals surface area (Å²) in [5.74, 6) is 0.225. The lowest BCUT2D eigenvalue weighted by molar-refractivity contribution is 0.102. The first-order valence-electron chi connectivity index (χ1n) is 7.33. The molecule has 1 aromatic carbocycles. The Bertz CT molecular complexity index is 1000. The van der Waals surface area contributed by atoms with Crippen LogP contribution in [-0.4, -0.2) is 25.3 Å². The van der Waals surface area contributed by atoms with Gasteiger partial charge in [0.05, 0.1) is 0 Å². The highest BCUT2D eigenvalue weighted by Crippen LogP contribution is 2.26. The van der Waals surface area contributed by atoms with E-state index in [0.717, 1.165) is 16.3 Å². The molecule has 3 heterocycles. The number of amides is 1. The number of carbonyl (C=O) groups is 1. The average molecular weight is 335 g/mol. The Kier molecular flexibility index (Phi) is 3.55. The summed E-state index contributed by atoms with van der Waals surface area (Å²) in [6.07, 6.45) is 5.10. The zero-order chi connectivity index (χ0) is 16.5. The average Bonchev–Trinajstić information content (AvgIpc) is 3.21. The summed E-state index contributed by atoms with van der Waals surface area (Å²) in [6, 6.07) is 9.41. The minimum Gasteiger partial charge on any atom is -0.321 e. The standard InChI is InChI=1S/C17H13N5OS/c1-11-10-24-16(19-11)12-4-2-5-13(8-12)20-15(23)14-9-22-7-3-6-18-17(22)21-14/h2-10H,1H3,(H,20,23). The Morgan fingerprint density at radius 3 is 2.96 bits per heavy atom. The number of benzene rings is 1. The fraction of sp³-hybridized carbons (Fsp3) is 0.0588. The molecule has 0 fully saturated rings. The van der Waals surface area contributed by atoms with E-state index in [1.807, 2.05) is 36.6 Å². The molecule has 0 saturated carbocycles. The summed E-state index contributed by atoms with van der Waals surface area (Å²) < 4.78 is 1.71. The molecule has 4 aromatic rings. The summed E-state index contributed by atoms with van der Waals surface area (Å²) in [5.41, 5.74) is 2.99. The van der Waals surface area contributed by atoms with E-state index in [-0.39, 0.29) is 5.91 Å². The molecule has 24 heavy (non-hydrogen) atoms. The molecule has 0 unspecified atom stereocenters. The predicted molar refractivity (Wildman–Crippen MR) is 93.2 cm³/mol. The van der Waals surface area contributed by atoms with Gasteiger partial charge in [0.15, 0.2) is 0 Å². The number of anilines is 1. The number of hydrogen-bond donors (Lipinski definition) is 1. The van der Waals surface area contributed by atoms with E-state index >= 15 is 0 Å². The summed E-state index contributed by atoms with van der Waals surface area (Å²) in [6.45, 7) is 1.96. The number of fused-ring (bicyclic) bond motifs is 1. The molecule has 0 aliphatic heterocycles. The van der Waals surface area contributed by atoms with Crippen LogP contribution in [0.4, 0.5) is 5.69 Å². The monoisotopic (exact) mass is 335 g/mol. The van der Waals surface area contributed by atoms with Crippen LogP contribution in [0.2, 0.25) is 0 Å². The van der Waals surface area contributed by atoms with Crippen LogP contribution in [0, 0.1) is 6.92 Å². The van der Waals surface area contributed by atoms with Gasteiger partial charge < -0.3 is 5.32 Å². The molecule has 4 rings (SSSR count). The second-order valence-electron chi connectivity index (χ2n) is 5.28. The van der Waals surface area contributed by atoms with Gasteiger partial charge >= 0.3 is 0 Å². The topological polar surface area (TPSA) is 72.2 Å². The van der Waals surface area contributed by atoms with Gasteiger partial charge in [-0.2, -0.15) is 0 Å². The molecule has 1 N–H and O–H groups in total. The van der Waals surface area contributed by atoms with Gasteiger partial charge in [-0.25, -0.2) is 15.0 Å². The van der Waals surface area contributed by atoms with Crippen molar-refractivity contribution in [3.05, 3.63) is 65.7 Å². The number of imidazole rings is 1. The molecule has 0 bridgehead atoms. The Hall–Kier alpha value is -3.06. The number of hydrogen-bond acceptors (Lipinski definition) is 5. The maximum Gasteiger partial charge on any atom is 0.275 e. The summed E-state index contributed by atoms with van der Waals surface area (Å²) in [7, 11) is 0. The first kappa shape index (κ1) is 14.5. The number of carbonyl (C=O) groups excluding carboxylic acids is 1. The quantitative estimate of drug-likeness (QED) is 0.623. The van der Waals surface area contributed by atoms with Gasteiger partial charge in [-0.05, 0) is 25.1 Å². The summed E-state index contributed by atoms with van der Waals surface area (Å²) >= 11 is 1.58. The van der Waals surface area contributed by atoms with Crippen LogP contribution in [0.3, 0.4) is 0 Å². The molecule has 118 valence electrons. The fourth-order valence-electron chi connectivity index (χ4n) is 2.35. The van der Waals surface area contributed by atoms with Crippen LogP contribution in [0.5, 0.6) is 0 Å². The number of nitrogens with one attached hydrogen (secondary N) is 1. The third-order valence-electron chi connectivity index (χ3n) is 3.45. The minimum atomic E-state index is -0.270. The zero-order valence-electron chi connectivity index (χ0n) is 12.8. The molecule has 0 radical (unpaired) electrons. The number of aromatic nitrogens is 4. The lowest BCUT2D eigenvalue weighted by Gasteiger charge is -2.04. The Labute approximate surface area is 141 Å². The van der Waals surface area contributed by atoms with Crippen molar-refractivity contribution >= 4 is 28.7 Å². The Morgan fingerprint density at radius 2 is 2.17 bits per heavy atom. The Morgan fingerprint density at radius 1 is 1.25 bits per heavy atom. The maximum absolute atomic E-state index is 12.4. The van der Waals surface area contributed by atoms with Crippen molar-refractivity contribution in [1.29, 1.82) is 0 Å². The Balaban J connectivity index is 1.59. The largest absolute Gasteiger partial charge is 0.321 e. The van der Waals surface area contributed by atoms with Gasteiger partial charge in [-0.3, -0.25) is 9.20 Å². The lowest BCUT2D eigenvalue weighted by atomic mass is 10.2. The molecule has 0 aliphatic carbocycles. The zero-order valence-corrected chi connectivity index (χ0v) is 13.6. The van der Waals surface area contributed by atoms with E-state index < -0.39 is 0 Å². The molecule has 0 spiro atoms. The van der Waals surface area contributed by atoms with Gasteiger partial charge in [0, 0.05) is 40.9 Å². The van der Waals surface area contributed by atoms with Gasteiger partial charge in [0.25, 0.3) is 5.91 Å². The third-order valence-corrected chi connectivity index (χ3v) is 4.46. The van der Waals surface area contributed by atoms with Crippen LogP contribution >= 0.6 is 11.3 Å². The van der Waals surface area contributed by atoms with Gasteiger partial charge in [-0.15, -0.1) is 11.3 Å². The third kappa shape index (κ3) is 2.77. The highest BCUT2D eigenvalue weighted by atomic mass is 32.1. The normalized spacial score (nSPS) is 10.9. The van der Waals surface area contributed by atoms with Crippen LogP contribution in [0.25, 0.3) is 16.3 Å². The van der Waals surface area contributed by atoms with Crippen molar-refractivity contribution in [2.45, 2.75) is 6.92 Å². The van der Waals surface area contributed by atoms with E-state index in [1.165, 1.54) is 0 Å². The summed E-state index contributed by atoms with van der Waals surface area (Å²) in [5, 5.41) is 5.81. The first-order valence-corrected chi connectivity index (χ1v) is 8.21. The van der Waals surface area contributed by atoms with E-state index in [2.05, 4.69) is 20.3 Å². The van der Waals surface area contributed by atoms with Gasteiger partial charge in [-0.1, -0.05) is 12.1 Å². The molecular weight excluding hydrogens is 322 g/mol. The molecule has 1 amide bonds. The molecule has 7 heteroatoms. The van der Waals surface area contributed by atoms with Crippen molar-refractivity contribution in [2.75, 3.05) is 5.32 Å². The minimum absolute atomic E-state index is 0.270. The van der Waals surface area contributed by atoms with Crippen molar-refractivity contribution in [3.63, 3.8) is 0 Å². The van der Waals surface area contributed by atoms with Gasteiger partial charge in [0.1, 0.15) is 10.7 Å². The van der Waals surface area contributed by atoms with Crippen LogP contribution in [0.15, 0.2) is 54.3 Å². The number of aryl methyl sites for hydroxylation is 1. The molecule has 0 atom stereocenters. The SMILES string of the molecule is Cc1csc(-c2cccc(NC(=O)c3cn4cccnc4n3)c2)n1. The second-order valence-corrected chi connectivity index (χ2v) is 6.14. The van der Waals surface area contributed by atoms with Crippen molar-refractivity contribution in [1.82, 2.24) is 19.4 Å². The smallest absolute Gasteiger partial charge is 0.275 e. The number of nitrogens with zero attached hydrogens (tertiary/aromatic N) is 4. The lowest BCUT2D eigenvalue weighted by Crippen LogP contribution is -2.12. The second kappa shape index (κ2) is 5.86. The van der Waals surface area contributed by atoms with Crippen molar-refractivity contribution in [3.8, 4) is 10.6 Å². The molecule has 3 aromatic heterocycles. The highest BCUT2D eigenvalue weighted by Gasteiger charge is 2.12. The van der Waals surface area contributed by atoms with Crippen LogP contribution in [0.1, 0.15) is 16.2 Å². The first-order chi connectivity index (χ1) is 11.7. The van der Waals surface area contributed by atoms with Crippen LogP contribution in [-0.2, 0) is 0 Å². The highest BCUT2D eigenvalue weighted by molar-refractivity contribution is 7.13. The molecule has 0 saturated heterocycles.